The van der Waals surface area contributed by atoms with Crippen molar-refractivity contribution in [3.05, 3.63) is 45.9 Å². The third kappa shape index (κ3) is 3.99. The summed E-state index contributed by atoms with van der Waals surface area (Å²) in [7, 11) is 0. The molecular weight excluding hydrogens is 340 g/mol. The molecule has 1 saturated carbocycles. The molecule has 0 saturated heterocycles. The minimum atomic E-state index is -1.15. The molecule has 0 aliphatic heterocycles. The number of aromatic nitrogens is 1. The molecule has 1 aromatic carbocycles. The zero-order valence-corrected chi connectivity index (χ0v) is 14.8. The second kappa shape index (κ2) is 7.23. The van der Waals surface area contributed by atoms with Crippen LogP contribution < -0.4 is 10.1 Å². The summed E-state index contributed by atoms with van der Waals surface area (Å²) in [5.41, 5.74) is 0.0825. The number of amides is 1. The molecule has 1 heterocycles. The van der Waals surface area contributed by atoms with Crippen LogP contribution in [-0.4, -0.2) is 27.5 Å². The summed E-state index contributed by atoms with van der Waals surface area (Å²) < 4.78 is 5.69. The first-order valence-electron chi connectivity index (χ1n) is 8.18. The molecule has 7 heteroatoms. The molecule has 1 aliphatic rings. The van der Waals surface area contributed by atoms with Crippen molar-refractivity contribution < 1.29 is 19.4 Å². The Labute approximate surface area is 149 Å². The molecule has 1 aliphatic carbocycles. The SMILES string of the molecule is Cc1nc(COc2cccc(C(=O)NC3(C(=O)O)CCCC3)c2)cs1. The van der Waals surface area contributed by atoms with Gasteiger partial charge in [-0.3, -0.25) is 4.79 Å². The maximum atomic E-state index is 12.5. The summed E-state index contributed by atoms with van der Waals surface area (Å²) in [4.78, 5) is 28.4. The van der Waals surface area contributed by atoms with Crippen LogP contribution in [0.2, 0.25) is 0 Å². The first-order valence-corrected chi connectivity index (χ1v) is 9.06. The van der Waals surface area contributed by atoms with E-state index in [4.69, 9.17) is 4.74 Å². The quantitative estimate of drug-likeness (QED) is 0.826. The average Bonchev–Trinajstić information content (AvgIpc) is 3.23. The minimum Gasteiger partial charge on any atom is -0.487 e. The number of carboxylic acids is 1. The van der Waals surface area contributed by atoms with Crippen LogP contribution in [0.1, 0.15) is 46.7 Å². The number of aryl methyl sites for hydroxylation is 1. The number of carbonyl (C=O) groups is 2. The van der Waals surface area contributed by atoms with Crippen LogP contribution in [0.3, 0.4) is 0 Å². The van der Waals surface area contributed by atoms with Gasteiger partial charge in [0.1, 0.15) is 17.9 Å². The Morgan fingerprint density at radius 3 is 2.76 bits per heavy atom. The van der Waals surface area contributed by atoms with Gasteiger partial charge in [0.25, 0.3) is 5.91 Å². The maximum absolute atomic E-state index is 12.5. The molecule has 1 aromatic heterocycles. The van der Waals surface area contributed by atoms with Gasteiger partial charge in [-0.1, -0.05) is 18.9 Å². The number of carboxylic acid groups (broad SMARTS) is 1. The summed E-state index contributed by atoms with van der Waals surface area (Å²) in [5, 5.41) is 15.1. The monoisotopic (exact) mass is 360 g/mol. The maximum Gasteiger partial charge on any atom is 0.329 e. The van der Waals surface area contributed by atoms with Crippen molar-refractivity contribution in [3.63, 3.8) is 0 Å². The molecule has 1 fully saturated rings. The van der Waals surface area contributed by atoms with E-state index in [1.54, 1.807) is 35.6 Å². The predicted octanol–water partition coefficient (Wildman–Crippen LogP) is 3.16. The number of hydrogen-bond donors (Lipinski definition) is 2. The standard InChI is InChI=1S/C18H20N2O4S/c1-12-19-14(11-25-12)10-24-15-6-4-5-13(9-15)16(21)20-18(17(22)23)7-2-3-8-18/h4-6,9,11H,2-3,7-8,10H2,1H3,(H,20,21)(H,22,23). The summed E-state index contributed by atoms with van der Waals surface area (Å²) in [6.07, 6.45) is 2.55. The fourth-order valence-corrected chi connectivity index (χ4v) is 3.62. The highest BCUT2D eigenvalue weighted by atomic mass is 32.1. The number of aliphatic carboxylic acids is 1. The largest absolute Gasteiger partial charge is 0.487 e. The van der Waals surface area contributed by atoms with E-state index < -0.39 is 11.5 Å². The lowest BCUT2D eigenvalue weighted by atomic mass is 9.97. The third-order valence-electron chi connectivity index (χ3n) is 4.37. The van der Waals surface area contributed by atoms with Gasteiger partial charge in [-0.05, 0) is 38.0 Å². The van der Waals surface area contributed by atoms with Gasteiger partial charge in [-0.25, -0.2) is 9.78 Å². The number of rotatable bonds is 6. The molecule has 2 aromatic rings. The Hall–Kier alpha value is -2.41. The number of hydrogen-bond acceptors (Lipinski definition) is 5. The Kier molecular flexibility index (Phi) is 5.03. The number of nitrogens with one attached hydrogen (secondary N) is 1. The van der Waals surface area contributed by atoms with Crippen LogP contribution in [0.5, 0.6) is 5.75 Å². The summed E-state index contributed by atoms with van der Waals surface area (Å²) in [6.45, 7) is 2.26. The third-order valence-corrected chi connectivity index (χ3v) is 5.19. The Bertz CT molecular complexity index is 781. The van der Waals surface area contributed by atoms with Crippen LogP contribution in [0, 0.1) is 6.92 Å². The van der Waals surface area contributed by atoms with Crippen molar-refractivity contribution in [2.45, 2.75) is 44.8 Å². The van der Waals surface area contributed by atoms with Gasteiger partial charge in [0.15, 0.2) is 0 Å². The molecule has 0 radical (unpaired) electrons. The van der Waals surface area contributed by atoms with Crippen molar-refractivity contribution in [3.8, 4) is 5.75 Å². The van der Waals surface area contributed by atoms with E-state index in [2.05, 4.69) is 10.3 Å². The molecule has 0 bridgehead atoms. The van der Waals surface area contributed by atoms with E-state index in [1.807, 2.05) is 12.3 Å². The first kappa shape index (κ1) is 17.4. The average molecular weight is 360 g/mol. The van der Waals surface area contributed by atoms with Gasteiger partial charge < -0.3 is 15.2 Å². The molecule has 0 spiro atoms. The lowest BCUT2D eigenvalue weighted by Crippen LogP contribution is -2.52. The van der Waals surface area contributed by atoms with Crippen molar-refractivity contribution in [1.29, 1.82) is 0 Å². The molecular formula is C18H20N2O4S. The molecule has 6 nitrogen and oxygen atoms in total. The van der Waals surface area contributed by atoms with Gasteiger partial charge in [0, 0.05) is 10.9 Å². The van der Waals surface area contributed by atoms with E-state index in [0.29, 0.717) is 30.8 Å². The Morgan fingerprint density at radius 1 is 1.36 bits per heavy atom. The van der Waals surface area contributed by atoms with Crippen molar-refractivity contribution >= 4 is 23.2 Å². The highest BCUT2D eigenvalue weighted by molar-refractivity contribution is 7.09. The van der Waals surface area contributed by atoms with Crippen molar-refractivity contribution in [2.24, 2.45) is 0 Å². The summed E-state index contributed by atoms with van der Waals surface area (Å²) >= 11 is 1.56. The number of carbonyl (C=O) groups excluding carboxylic acids is 1. The smallest absolute Gasteiger partial charge is 0.329 e. The Balaban J connectivity index is 1.68. The zero-order chi connectivity index (χ0) is 17.9. The highest BCUT2D eigenvalue weighted by Crippen LogP contribution is 2.30. The molecule has 132 valence electrons. The van der Waals surface area contributed by atoms with Crippen molar-refractivity contribution in [2.75, 3.05) is 0 Å². The van der Waals surface area contributed by atoms with E-state index in [9.17, 15) is 14.7 Å². The predicted molar refractivity (Wildman–Crippen MR) is 93.9 cm³/mol. The lowest BCUT2D eigenvalue weighted by molar-refractivity contribution is -0.144. The molecule has 2 N–H and O–H groups in total. The number of benzene rings is 1. The van der Waals surface area contributed by atoms with Gasteiger partial charge >= 0.3 is 5.97 Å². The Morgan fingerprint density at radius 2 is 2.12 bits per heavy atom. The highest BCUT2D eigenvalue weighted by Gasteiger charge is 2.42. The fourth-order valence-electron chi connectivity index (χ4n) is 3.02. The molecule has 3 rings (SSSR count). The second-order valence-corrected chi connectivity index (χ2v) is 7.29. The zero-order valence-electron chi connectivity index (χ0n) is 13.9. The number of nitrogens with zero attached hydrogens (tertiary/aromatic N) is 1. The molecule has 25 heavy (non-hydrogen) atoms. The fraction of sp³-hybridized carbons (Fsp3) is 0.389. The summed E-state index contributed by atoms with van der Waals surface area (Å²) in [5.74, 6) is -0.807. The van der Waals surface area contributed by atoms with Crippen LogP contribution in [0.15, 0.2) is 29.6 Å². The van der Waals surface area contributed by atoms with Gasteiger partial charge in [-0.2, -0.15) is 0 Å². The van der Waals surface area contributed by atoms with E-state index in [-0.39, 0.29) is 5.91 Å². The van der Waals surface area contributed by atoms with Gasteiger partial charge in [0.05, 0.1) is 10.7 Å². The first-order chi connectivity index (χ1) is 12.0. The molecule has 0 atom stereocenters. The number of ether oxygens (including phenoxy) is 1. The lowest BCUT2D eigenvalue weighted by Gasteiger charge is -2.25. The van der Waals surface area contributed by atoms with Crippen molar-refractivity contribution in [1.82, 2.24) is 10.3 Å². The molecule has 1 amide bonds. The summed E-state index contributed by atoms with van der Waals surface area (Å²) in [6, 6.07) is 6.76. The molecule has 0 unspecified atom stereocenters. The van der Waals surface area contributed by atoms with Gasteiger partial charge in [-0.15, -0.1) is 11.3 Å². The minimum absolute atomic E-state index is 0.328. The second-order valence-electron chi connectivity index (χ2n) is 6.22. The van der Waals surface area contributed by atoms with Crippen LogP contribution in [-0.2, 0) is 11.4 Å². The normalized spacial score (nSPS) is 15.7. The van der Waals surface area contributed by atoms with Crippen LogP contribution in [0.4, 0.5) is 0 Å². The topological polar surface area (TPSA) is 88.5 Å². The van der Waals surface area contributed by atoms with Crippen LogP contribution in [0.25, 0.3) is 0 Å². The van der Waals surface area contributed by atoms with Crippen LogP contribution >= 0.6 is 11.3 Å². The van der Waals surface area contributed by atoms with E-state index >= 15 is 0 Å². The number of thiazole rings is 1. The van der Waals surface area contributed by atoms with E-state index in [1.165, 1.54) is 0 Å². The van der Waals surface area contributed by atoms with E-state index in [0.717, 1.165) is 23.5 Å². The van der Waals surface area contributed by atoms with Gasteiger partial charge in [0.2, 0.25) is 0 Å².